The third-order valence-corrected chi connectivity index (χ3v) is 3.80. The predicted octanol–water partition coefficient (Wildman–Crippen LogP) is 4.15. The summed E-state index contributed by atoms with van der Waals surface area (Å²) >= 11 is 3.37. The van der Waals surface area contributed by atoms with Gasteiger partial charge in [-0.25, -0.2) is 9.79 Å². The molecule has 2 N–H and O–H groups in total. The first-order chi connectivity index (χ1) is 10.2. The first-order valence-electron chi connectivity index (χ1n) is 7.56. The van der Waals surface area contributed by atoms with Gasteiger partial charge in [-0.15, -0.1) is 0 Å². The van der Waals surface area contributed by atoms with Crippen LogP contribution in [0.3, 0.4) is 0 Å². The minimum absolute atomic E-state index is 0.110. The average Bonchev–Trinajstić information content (AvgIpc) is 2.63. The van der Waals surface area contributed by atoms with E-state index in [4.69, 9.17) is 4.74 Å². The van der Waals surface area contributed by atoms with Gasteiger partial charge in [0, 0.05) is 11.7 Å². The largest absolute Gasteiger partial charge is 0.444 e. The van der Waals surface area contributed by atoms with E-state index in [0.717, 1.165) is 35.3 Å². The first-order valence-corrected chi connectivity index (χ1v) is 8.35. The molecule has 1 atom stereocenters. The highest BCUT2D eigenvalue weighted by molar-refractivity contribution is 9.18. The number of amides is 1. The summed E-state index contributed by atoms with van der Waals surface area (Å²) in [4.78, 5) is 19.8. The number of fused-ring (bicyclic) bond motifs is 1. The lowest BCUT2D eigenvalue weighted by Gasteiger charge is -2.26. The quantitative estimate of drug-likeness (QED) is 0.768. The van der Waals surface area contributed by atoms with Gasteiger partial charge in [0.1, 0.15) is 11.4 Å². The van der Waals surface area contributed by atoms with E-state index in [0.29, 0.717) is 0 Å². The number of rotatable bonds is 2. The Morgan fingerprint density at radius 2 is 2.14 bits per heavy atom. The molecule has 0 aromatic carbocycles. The van der Waals surface area contributed by atoms with Gasteiger partial charge < -0.3 is 15.0 Å². The van der Waals surface area contributed by atoms with E-state index in [1.165, 1.54) is 11.3 Å². The molecule has 1 aliphatic carbocycles. The Bertz CT molecular complexity index is 595. The lowest BCUT2D eigenvalue weighted by atomic mass is 9.91. The van der Waals surface area contributed by atoms with Gasteiger partial charge in [0.25, 0.3) is 0 Å². The second-order valence-electron chi connectivity index (χ2n) is 6.75. The van der Waals surface area contributed by atoms with Crippen LogP contribution in [0, 0.1) is 6.92 Å². The third-order valence-electron chi connectivity index (χ3n) is 3.62. The summed E-state index contributed by atoms with van der Waals surface area (Å²) in [5, 5.41) is 2.97. The number of aliphatic imine (C=N–C) groups is 1. The Labute approximate surface area is 140 Å². The number of nitrogens with one attached hydrogen (secondary N) is 2. The smallest absolute Gasteiger partial charge is 0.407 e. The maximum absolute atomic E-state index is 11.9. The molecule has 0 saturated heterocycles. The van der Waals surface area contributed by atoms with Crippen molar-refractivity contribution in [3.05, 3.63) is 16.8 Å². The predicted molar refractivity (Wildman–Crippen MR) is 92.4 cm³/mol. The zero-order chi connectivity index (χ0) is 16.5. The summed E-state index contributed by atoms with van der Waals surface area (Å²) in [5.74, 6) is 0.900. The van der Waals surface area contributed by atoms with Gasteiger partial charge in [-0.2, -0.15) is 0 Å². The number of carbonyl (C=O) groups is 1. The Kier molecular flexibility index (Phi) is 5.00. The fraction of sp³-hybridized carbons (Fsp3) is 0.625. The highest BCUT2D eigenvalue weighted by Crippen LogP contribution is 2.31. The Hall–Kier alpha value is -1.30. The van der Waals surface area contributed by atoms with Crippen molar-refractivity contribution in [2.45, 2.75) is 65.5 Å². The Balaban J connectivity index is 2.07. The normalized spacial score (nSPS) is 18.8. The molecule has 2 rings (SSSR count). The average molecular weight is 370 g/mol. The SMILES string of the molecule is C/C(Br)=N\c1[nH]c2c(c1C)CC(NC(=O)OC(C)(C)C)CC2. The molecule has 0 spiro atoms. The van der Waals surface area contributed by atoms with Crippen LogP contribution in [-0.2, 0) is 17.6 Å². The number of carbonyl (C=O) groups excluding carboxylic acids is 1. The molecular weight excluding hydrogens is 346 g/mol. The number of halogens is 1. The van der Waals surface area contributed by atoms with Crippen LogP contribution in [-0.4, -0.2) is 27.3 Å². The van der Waals surface area contributed by atoms with Gasteiger partial charge in [-0.3, -0.25) is 0 Å². The summed E-state index contributed by atoms with van der Waals surface area (Å²) < 4.78 is 6.18. The van der Waals surface area contributed by atoms with Crippen molar-refractivity contribution >= 4 is 32.5 Å². The molecule has 0 saturated carbocycles. The molecule has 1 aromatic rings. The molecule has 0 radical (unpaired) electrons. The topological polar surface area (TPSA) is 66.5 Å². The van der Waals surface area contributed by atoms with E-state index in [-0.39, 0.29) is 12.1 Å². The lowest BCUT2D eigenvalue weighted by Crippen LogP contribution is -2.41. The highest BCUT2D eigenvalue weighted by Gasteiger charge is 2.26. The molecule has 0 aliphatic heterocycles. The number of nitrogens with zero attached hydrogens (tertiary/aromatic N) is 1. The van der Waals surface area contributed by atoms with Gasteiger partial charge in [0.15, 0.2) is 0 Å². The monoisotopic (exact) mass is 369 g/mol. The molecule has 1 heterocycles. The Morgan fingerprint density at radius 3 is 2.73 bits per heavy atom. The molecule has 1 amide bonds. The molecule has 22 heavy (non-hydrogen) atoms. The molecule has 122 valence electrons. The fourth-order valence-corrected chi connectivity index (χ4v) is 2.88. The van der Waals surface area contributed by atoms with Crippen molar-refractivity contribution in [3.63, 3.8) is 0 Å². The standard InChI is InChI=1S/C16H24BrN3O2/c1-9-12-8-11(19-15(21)22-16(3,4)5)6-7-13(12)20-14(9)18-10(2)17/h11,20H,6-8H2,1-5H3,(H,19,21)/b18-10+. The Morgan fingerprint density at radius 1 is 1.45 bits per heavy atom. The summed E-state index contributed by atoms with van der Waals surface area (Å²) in [6.07, 6.45) is 2.29. The molecular formula is C16H24BrN3O2. The van der Waals surface area contributed by atoms with Crippen molar-refractivity contribution in [2.24, 2.45) is 4.99 Å². The van der Waals surface area contributed by atoms with E-state index >= 15 is 0 Å². The van der Waals surface area contributed by atoms with Crippen LogP contribution in [0.1, 0.15) is 50.9 Å². The van der Waals surface area contributed by atoms with Crippen molar-refractivity contribution in [2.75, 3.05) is 0 Å². The zero-order valence-electron chi connectivity index (χ0n) is 13.8. The fourth-order valence-electron chi connectivity index (χ4n) is 2.70. The maximum atomic E-state index is 11.9. The van der Waals surface area contributed by atoms with Gasteiger partial charge >= 0.3 is 6.09 Å². The first kappa shape index (κ1) is 17.1. The molecule has 6 heteroatoms. The van der Waals surface area contributed by atoms with E-state index in [1.807, 2.05) is 27.7 Å². The minimum atomic E-state index is -0.469. The summed E-state index contributed by atoms with van der Waals surface area (Å²) in [6.45, 7) is 9.59. The van der Waals surface area contributed by atoms with Crippen molar-refractivity contribution in [1.82, 2.24) is 10.3 Å². The molecule has 1 aliphatic rings. The van der Waals surface area contributed by atoms with Crippen molar-refractivity contribution < 1.29 is 9.53 Å². The molecule has 0 fully saturated rings. The van der Waals surface area contributed by atoms with E-state index in [1.54, 1.807) is 0 Å². The number of hydrogen-bond donors (Lipinski definition) is 2. The molecule has 1 unspecified atom stereocenters. The number of aromatic amines is 1. The van der Waals surface area contributed by atoms with E-state index < -0.39 is 5.60 Å². The van der Waals surface area contributed by atoms with Gasteiger partial charge in [-0.1, -0.05) is 0 Å². The van der Waals surface area contributed by atoms with Crippen LogP contribution in [0.15, 0.2) is 4.99 Å². The third kappa shape index (κ3) is 4.35. The second kappa shape index (κ2) is 6.44. The summed E-state index contributed by atoms with van der Waals surface area (Å²) in [5.41, 5.74) is 3.18. The van der Waals surface area contributed by atoms with Crippen molar-refractivity contribution in [1.29, 1.82) is 0 Å². The van der Waals surface area contributed by atoms with Crippen LogP contribution >= 0.6 is 15.9 Å². The number of H-pyrrole nitrogens is 1. The van der Waals surface area contributed by atoms with E-state index in [2.05, 4.69) is 38.1 Å². The van der Waals surface area contributed by atoms with Crippen LogP contribution in [0.5, 0.6) is 0 Å². The lowest BCUT2D eigenvalue weighted by molar-refractivity contribution is 0.0500. The number of alkyl carbamates (subject to hydrolysis) is 1. The van der Waals surface area contributed by atoms with Crippen molar-refractivity contribution in [3.8, 4) is 0 Å². The summed E-state index contributed by atoms with van der Waals surface area (Å²) in [7, 11) is 0. The number of aromatic nitrogens is 1. The second-order valence-corrected chi connectivity index (χ2v) is 7.90. The molecule has 5 nitrogen and oxygen atoms in total. The number of aryl methyl sites for hydroxylation is 1. The van der Waals surface area contributed by atoms with Gasteiger partial charge in [0.2, 0.25) is 0 Å². The van der Waals surface area contributed by atoms with Crippen LogP contribution < -0.4 is 5.32 Å². The zero-order valence-corrected chi connectivity index (χ0v) is 15.4. The minimum Gasteiger partial charge on any atom is -0.444 e. The van der Waals surface area contributed by atoms with Crippen LogP contribution in [0.4, 0.5) is 10.6 Å². The highest BCUT2D eigenvalue weighted by atomic mass is 79.9. The molecule has 0 bridgehead atoms. The summed E-state index contributed by atoms with van der Waals surface area (Å²) in [6, 6.07) is 0.110. The maximum Gasteiger partial charge on any atom is 0.407 e. The number of hydrogen-bond acceptors (Lipinski definition) is 3. The van der Waals surface area contributed by atoms with Gasteiger partial charge in [0.05, 0.1) is 4.62 Å². The van der Waals surface area contributed by atoms with Crippen LogP contribution in [0.25, 0.3) is 0 Å². The number of ether oxygens (including phenoxy) is 1. The van der Waals surface area contributed by atoms with Gasteiger partial charge in [-0.05, 0) is 80.9 Å². The van der Waals surface area contributed by atoms with Crippen LogP contribution in [0.2, 0.25) is 0 Å². The molecule has 1 aromatic heterocycles. The van der Waals surface area contributed by atoms with E-state index in [9.17, 15) is 4.79 Å².